The van der Waals surface area contributed by atoms with Crippen LogP contribution < -0.4 is 4.90 Å². The minimum Gasteiger partial charge on any atom is -0.372 e. The molecule has 1 aromatic carbocycles. The first kappa shape index (κ1) is 14.1. The van der Waals surface area contributed by atoms with Gasteiger partial charge < -0.3 is 4.90 Å². The zero-order valence-corrected chi connectivity index (χ0v) is 13.4. The van der Waals surface area contributed by atoms with Crippen LogP contribution in [0, 0.1) is 12.8 Å². The van der Waals surface area contributed by atoms with E-state index in [0.29, 0.717) is 5.92 Å². The Morgan fingerprint density at radius 2 is 1.86 bits per heavy atom. The second-order valence-corrected chi connectivity index (χ2v) is 5.89. The van der Waals surface area contributed by atoms with Gasteiger partial charge in [-0.15, -0.1) is 0 Å². The molecule has 1 fully saturated rings. The third-order valence-electron chi connectivity index (χ3n) is 4.40. The zero-order chi connectivity index (χ0) is 15.0. The largest absolute Gasteiger partial charge is 0.372 e. The maximum absolute atomic E-state index is 4.83. The summed E-state index contributed by atoms with van der Waals surface area (Å²) in [7, 11) is 2.21. The van der Waals surface area contributed by atoms with E-state index in [1.165, 1.54) is 35.5 Å². The van der Waals surface area contributed by atoms with Gasteiger partial charge in [-0.3, -0.25) is 4.98 Å². The van der Waals surface area contributed by atoms with E-state index in [9.17, 15) is 0 Å². The van der Waals surface area contributed by atoms with Crippen molar-refractivity contribution in [3.63, 3.8) is 0 Å². The van der Waals surface area contributed by atoms with Crippen LogP contribution >= 0.6 is 0 Å². The quantitative estimate of drug-likeness (QED) is 0.756. The van der Waals surface area contributed by atoms with E-state index in [-0.39, 0.29) is 0 Å². The van der Waals surface area contributed by atoms with Crippen molar-refractivity contribution in [1.29, 1.82) is 0 Å². The molecule has 0 saturated heterocycles. The first-order valence-electron chi connectivity index (χ1n) is 8.02. The molecule has 110 valence electrons. The molecule has 0 N–H and O–H groups in total. The maximum atomic E-state index is 4.83. The first-order chi connectivity index (χ1) is 10.2. The molecular weight excluding hydrogens is 256 g/mol. The smallest absolute Gasteiger partial charge is 0.0680 e. The summed E-state index contributed by atoms with van der Waals surface area (Å²) in [4.78, 5) is 7.23. The van der Waals surface area contributed by atoms with Crippen LogP contribution in [0.25, 0.3) is 11.1 Å². The van der Waals surface area contributed by atoms with Crippen molar-refractivity contribution in [3.05, 3.63) is 47.8 Å². The summed E-state index contributed by atoms with van der Waals surface area (Å²) in [5.41, 5.74) is 6.47. The zero-order valence-electron chi connectivity index (χ0n) is 13.4. The Bertz CT molecular complexity index is 634. The van der Waals surface area contributed by atoms with Gasteiger partial charge in [0.2, 0.25) is 0 Å². The van der Waals surface area contributed by atoms with Gasteiger partial charge in [-0.05, 0) is 30.9 Å². The molecule has 1 aliphatic heterocycles. The number of anilines is 1. The number of aryl methyl sites for hydroxylation is 1. The van der Waals surface area contributed by atoms with Gasteiger partial charge in [0.15, 0.2) is 0 Å². The second kappa shape index (κ2) is 5.51. The van der Waals surface area contributed by atoms with Crippen molar-refractivity contribution >= 4 is 5.69 Å². The maximum Gasteiger partial charge on any atom is 0.0680 e. The lowest BCUT2D eigenvalue weighted by Crippen LogP contribution is -2.26. The molecule has 1 saturated carbocycles. The number of hydrogen-bond donors (Lipinski definition) is 0. The highest BCUT2D eigenvalue weighted by Crippen LogP contribution is 2.55. The van der Waals surface area contributed by atoms with Gasteiger partial charge >= 0.3 is 0 Å². The van der Waals surface area contributed by atoms with E-state index < -0.39 is 0 Å². The fraction of sp³-hybridized carbons (Fsp3) is 0.421. The molecule has 2 atom stereocenters. The van der Waals surface area contributed by atoms with E-state index in [4.69, 9.17) is 4.98 Å². The first-order valence-corrected chi connectivity index (χ1v) is 8.02. The van der Waals surface area contributed by atoms with Gasteiger partial charge in [0.25, 0.3) is 0 Å². The summed E-state index contributed by atoms with van der Waals surface area (Å²) >= 11 is 0. The molecule has 2 aromatic rings. The van der Waals surface area contributed by atoms with Crippen LogP contribution in [-0.4, -0.2) is 18.6 Å². The highest BCUT2D eigenvalue weighted by atomic mass is 15.1. The number of benzene rings is 1. The molecule has 2 heterocycles. The number of aromatic nitrogens is 1. The monoisotopic (exact) mass is 280 g/mol. The van der Waals surface area contributed by atoms with Crippen LogP contribution in [0.2, 0.25) is 0 Å². The SMILES string of the molecule is CC.Cc1cc(-c2ccccc2)c2c(n1)C1CC1CN2C. The molecule has 0 radical (unpaired) electrons. The fourth-order valence-electron chi connectivity index (χ4n) is 3.42. The Labute approximate surface area is 127 Å². The molecule has 2 heteroatoms. The Kier molecular flexibility index (Phi) is 3.71. The lowest BCUT2D eigenvalue weighted by atomic mass is 9.97. The van der Waals surface area contributed by atoms with Crippen molar-refractivity contribution in [3.8, 4) is 11.1 Å². The van der Waals surface area contributed by atoms with E-state index in [1.807, 2.05) is 13.8 Å². The standard InChI is InChI=1S/C17H18N2.C2H6/c1-11-8-15(12-6-4-3-5-7-12)17-16(18-11)14-9-13(14)10-19(17)2;1-2/h3-8,13-14H,9-10H2,1-2H3;1-2H3. The second-order valence-electron chi connectivity index (χ2n) is 5.89. The van der Waals surface area contributed by atoms with Crippen LogP contribution in [-0.2, 0) is 0 Å². The van der Waals surface area contributed by atoms with Gasteiger partial charge in [-0.1, -0.05) is 44.2 Å². The van der Waals surface area contributed by atoms with E-state index in [0.717, 1.165) is 11.6 Å². The molecule has 1 aromatic heterocycles. The minimum atomic E-state index is 0.716. The summed E-state index contributed by atoms with van der Waals surface area (Å²) in [5.74, 6) is 1.56. The number of pyridine rings is 1. The lowest BCUT2D eigenvalue weighted by Gasteiger charge is -2.29. The molecule has 0 amide bonds. The average molecular weight is 280 g/mol. The fourth-order valence-corrected chi connectivity index (χ4v) is 3.42. The predicted molar refractivity (Wildman–Crippen MR) is 89.9 cm³/mol. The van der Waals surface area contributed by atoms with Crippen molar-refractivity contribution in [1.82, 2.24) is 4.98 Å². The third-order valence-corrected chi connectivity index (χ3v) is 4.40. The number of nitrogens with zero attached hydrogens (tertiary/aromatic N) is 2. The Morgan fingerprint density at radius 1 is 1.14 bits per heavy atom. The molecule has 0 bridgehead atoms. The normalized spacial score (nSPS) is 21.8. The highest BCUT2D eigenvalue weighted by Gasteiger charge is 2.46. The molecule has 2 unspecified atom stereocenters. The summed E-state index contributed by atoms with van der Waals surface area (Å²) in [6.45, 7) is 7.29. The van der Waals surface area contributed by atoms with E-state index >= 15 is 0 Å². The third kappa shape index (κ3) is 2.44. The van der Waals surface area contributed by atoms with Crippen LogP contribution in [0.1, 0.15) is 37.6 Å². The molecule has 4 rings (SSSR count). The molecule has 21 heavy (non-hydrogen) atoms. The van der Waals surface area contributed by atoms with Crippen molar-refractivity contribution < 1.29 is 0 Å². The number of rotatable bonds is 1. The van der Waals surface area contributed by atoms with Gasteiger partial charge in [0.1, 0.15) is 0 Å². The Balaban J connectivity index is 0.000000636. The van der Waals surface area contributed by atoms with Gasteiger partial charge in [0, 0.05) is 30.8 Å². The average Bonchev–Trinajstić information content (AvgIpc) is 3.29. The highest BCUT2D eigenvalue weighted by molar-refractivity contribution is 5.82. The van der Waals surface area contributed by atoms with Crippen LogP contribution in [0.4, 0.5) is 5.69 Å². The minimum absolute atomic E-state index is 0.716. The molecule has 0 spiro atoms. The van der Waals surface area contributed by atoms with Crippen molar-refractivity contribution in [2.75, 3.05) is 18.5 Å². The van der Waals surface area contributed by atoms with Crippen molar-refractivity contribution in [2.45, 2.75) is 33.1 Å². The summed E-state index contributed by atoms with van der Waals surface area (Å²) in [6.07, 6.45) is 1.32. The van der Waals surface area contributed by atoms with Crippen LogP contribution in [0.5, 0.6) is 0 Å². The van der Waals surface area contributed by atoms with E-state index in [1.54, 1.807) is 0 Å². The van der Waals surface area contributed by atoms with Crippen LogP contribution in [0.3, 0.4) is 0 Å². The molecule has 2 nitrogen and oxygen atoms in total. The number of hydrogen-bond acceptors (Lipinski definition) is 2. The summed E-state index contributed by atoms with van der Waals surface area (Å²) < 4.78 is 0. The van der Waals surface area contributed by atoms with Crippen molar-refractivity contribution in [2.24, 2.45) is 5.92 Å². The Morgan fingerprint density at radius 3 is 2.57 bits per heavy atom. The molecule has 1 aliphatic carbocycles. The van der Waals surface area contributed by atoms with Gasteiger partial charge in [-0.2, -0.15) is 0 Å². The van der Waals surface area contributed by atoms with Gasteiger partial charge in [0.05, 0.1) is 11.4 Å². The predicted octanol–water partition coefficient (Wildman–Crippen LogP) is 4.64. The summed E-state index contributed by atoms with van der Waals surface area (Å²) in [5, 5.41) is 0. The summed E-state index contributed by atoms with van der Waals surface area (Å²) in [6, 6.07) is 12.9. The molecule has 2 aliphatic rings. The lowest BCUT2D eigenvalue weighted by molar-refractivity contribution is 0.714. The topological polar surface area (TPSA) is 16.1 Å². The molecular formula is C19H24N2. The number of fused-ring (bicyclic) bond motifs is 3. The van der Waals surface area contributed by atoms with Gasteiger partial charge in [-0.25, -0.2) is 0 Å². The Hall–Kier alpha value is -1.83. The van der Waals surface area contributed by atoms with E-state index in [2.05, 4.69) is 55.3 Å². The van der Waals surface area contributed by atoms with Crippen LogP contribution in [0.15, 0.2) is 36.4 Å².